The van der Waals surface area contributed by atoms with Crippen molar-refractivity contribution in [3.8, 4) is 22.8 Å². The maximum atomic E-state index is 12.3. The average Bonchev–Trinajstić information content (AvgIpc) is 3.35. The lowest BCUT2D eigenvalue weighted by molar-refractivity contribution is -0.274. The van der Waals surface area contributed by atoms with Crippen LogP contribution in [0.25, 0.3) is 17.1 Å². The van der Waals surface area contributed by atoms with Crippen molar-refractivity contribution in [2.24, 2.45) is 0 Å². The third-order valence-electron chi connectivity index (χ3n) is 3.66. The van der Waals surface area contributed by atoms with Crippen LogP contribution in [0.5, 0.6) is 5.75 Å². The summed E-state index contributed by atoms with van der Waals surface area (Å²) in [4.78, 5) is 4.30. The third kappa shape index (κ3) is 4.71. The second kappa shape index (κ2) is 8.32. The predicted octanol–water partition coefficient (Wildman–Crippen LogP) is 4.56. The van der Waals surface area contributed by atoms with Gasteiger partial charge in [-0.3, -0.25) is 0 Å². The van der Waals surface area contributed by atoms with E-state index in [1.54, 1.807) is 18.2 Å². The van der Waals surface area contributed by atoms with Crippen LogP contribution in [0.3, 0.4) is 0 Å². The molecule has 13 heteroatoms. The van der Waals surface area contributed by atoms with Crippen LogP contribution in [0.4, 0.5) is 13.2 Å². The van der Waals surface area contributed by atoms with E-state index in [4.69, 9.17) is 16.1 Å². The molecule has 4 rings (SSSR count). The Morgan fingerprint density at radius 3 is 2.60 bits per heavy atom. The summed E-state index contributed by atoms with van der Waals surface area (Å²) in [6.45, 7) is 0. The highest BCUT2D eigenvalue weighted by Gasteiger charge is 2.31. The lowest BCUT2D eigenvalue weighted by Gasteiger charge is -2.09. The molecule has 0 bridgehead atoms. The maximum absolute atomic E-state index is 12.3. The molecular weight excluding hydrogens is 445 g/mol. The Hall–Kier alpha value is -3.12. The summed E-state index contributed by atoms with van der Waals surface area (Å²) >= 11 is 7.35. The Labute approximate surface area is 176 Å². The van der Waals surface area contributed by atoms with Crippen LogP contribution in [0.2, 0.25) is 5.02 Å². The summed E-state index contributed by atoms with van der Waals surface area (Å²) in [5.74, 6) is 0.619. The molecule has 0 spiro atoms. The lowest BCUT2D eigenvalue weighted by Crippen LogP contribution is -2.17. The smallest absolute Gasteiger partial charge is 0.406 e. The van der Waals surface area contributed by atoms with Crippen molar-refractivity contribution in [3.05, 3.63) is 59.4 Å². The number of tetrazole rings is 1. The fourth-order valence-corrected chi connectivity index (χ4v) is 3.36. The van der Waals surface area contributed by atoms with Gasteiger partial charge in [0.1, 0.15) is 5.75 Å². The van der Waals surface area contributed by atoms with Crippen molar-refractivity contribution in [2.45, 2.75) is 17.3 Å². The molecule has 0 saturated heterocycles. The third-order valence-corrected chi connectivity index (χ3v) is 4.90. The van der Waals surface area contributed by atoms with E-state index in [0.29, 0.717) is 33.1 Å². The zero-order valence-electron chi connectivity index (χ0n) is 14.7. The molecule has 2 aromatic heterocycles. The van der Waals surface area contributed by atoms with E-state index >= 15 is 0 Å². The second-order valence-electron chi connectivity index (χ2n) is 5.70. The Bertz CT molecular complexity index is 1150. The zero-order chi connectivity index (χ0) is 21.1. The summed E-state index contributed by atoms with van der Waals surface area (Å²) in [7, 11) is 0. The van der Waals surface area contributed by atoms with Crippen LogP contribution in [0.1, 0.15) is 5.89 Å². The molecule has 2 aromatic carbocycles. The van der Waals surface area contributed by atoms with Crippen LogP contribution >= 0.6 is 23.4 Å². The highest BCUT2D eigenvalue weighted by Crippen LogP contribution is 2.28. The molecule has 0 N–H and O–H groups in total. The minimum atomic E-state index is -4.76. The molecule has 8 nitrogen and oxygen atoms in total. The fourth-order valence-electron chi connectivity index (χ4n) is 2.41. The minimum Gasteiger partial charge on any atom is -0.406 e. The summed E-state index contributed by atoms with van der Waals surface area (Å²) in [5, 5.41) is 16.2. The van der Waals surface area contributed by atoms with Gasteiger partial charge in [-0.1, -0.05) is 40.7 Å². The average molecular weight is 455 g/mol. The number of hydrogen-bond donors (Lipinski definition) is 0. The molecule has 0 fully saturated rings. The number of ether oxygens (including phenoxy) is 1. The largest absolute Gasteiger partial charge is 0.573 e. The molecule has 0 saturated carbocycles. The number of benzene rings is 2. The van der Waals surface area contributed by atoms with Gasteiger partial charge in [-0.05, 0) is 46.8 Å². The molecule has 0 aliphatic carbocycles. The molecule has 0 atom stereocenters. The van der Waals surface area contributed by atoms with Crippen molar-refractivity contribution in [1.29, 1.82) is 0 Å². The molecule has 154 valence electrons. The maximum Gasteiger partial charge on any atom is 0.573 e. The van der Waals surface area contributed by atoms with Crippen molar-refractivity contribution < 1.29 is 22.4 Å². The molecule has 0 radical (unpaired) electrons. The molecule has 0 unspecified atom stereocenters. The molecule has 0 aliphatic rings. The molecule has 0 amide bonds. The molecular formula is C17H10ClF3N6O2S. The van der Waals surface area contributed by atoms with Crippen molar-refractivity contribution in [1.82, 2.24) is 30.3 Å². The van der Waals surface area contributed by atoms with E-state index in [2.05, 4.69) is 30.4 Å². The number of thioether (sulfide) groups is 1. The summed E-state index contributed by atoms with van der Waals surface area (Å²) in [6, 6.07) is 12.3. The second-order valence-corrected chi connectivity index (χ2v) is 7.04. The highest BCUT2D eigenvalue weighted by molar-refractivity contribution is 7.98. The van der Waals surface area contributed by atoms with E-state index in [9.17, 15) is 13.2 Å². The van der Waals surface area contributed by atoms with E-state index in [1.807, 2.05) is 6.07 Å². The van der Waals surface area contributed by atoms with Gasteiger partial charge in [0.2, 0.25) is 16.9 Å². The van der Waals surface area contributed by atoms with Gasteiger partial charge in [0.05, 0.1) is 16.5 Å². The quantitative estimate of drug-likeness (QED) is 0.392. The first-order valence-corrected chi connectivity index (χ1v) is 9.60. The standard InChI is InChI=1S/C17H10ClF3N6O2S/c18-13-4-2-1-3-12(13)15-22-14(29-24-15)9-30-16-23-25-26-27(16)10-5-7-11(8-6-10)28-17(19,20)21/h1-8H,9H2. The van der Waals surface area contributed by atoms with Crippen LogP contribution in [0.15, 0.2) is 58.2 Å². The SMILES string of the molecule is FC(F)(F)Oc1ccc(-n2nnnc2SCc2nc(-c3ccccc3Cl)no2)cc1. The Balaban J connectivity index is 1.45. The van der Waals surface area contributed by atoms with Gasteiger partial charge in [-0.15, -0.1) is 18.3 Å². The van der Waals surface area contributed by atoms with E-state index in [0.717, 1.165) is 0 Å². The number of alkyl halides is 3. The molecule has 2 heterocycles. The van der Waals surface area contributed by atoms with Gasteiger partial charge in [-0.2, -0.15) is 9.67 Å². The van der Waals surface area contributed by atoms with E-state index < -0.39 is 6.36 Å². The zero-order valence-corrected chi connectivity index (χ0v) is 16.3. The summed E-state index contributed by atoms with van der Waals surface area (Å²) in [5.41, 5.74) is 1.10. The van der Waals surface area contributed by atoms with Crippen molar-refractivity contribution in [2.75, 3.05) is 0 Å². The highest BCUT2D eigenvalue weighted by atomic mass is 35.5. The van der Waals surface area contributed by atoms with Crippen LogP contribution in [-0.2, 0) is 5.75 Å². The Morgan fingerprint density at radius 2 is 1.87 bits per heavy atom. The number of hydrogen-bond acceptors (Lipinski definition) is 8. The van der Waals surface area contributed by atoms with Crippen molar-refractivity contribution in [3.63, 3.8) is 0 Å². The summed E-state index contributed by atoms with van der Waals surface area (Å²) < 4.78 is 47.3. The Morgan fingerprint density at radius 1 is 1.10 bits per heavy atom. The Kier molecular flexibility index (Phi) is 5.59. The van der Waals surface area contributed by atoms with Crippen LogP contribution in [0, 0.1) is 0 Å². The van der Waals surface area contributed by atoms with E-state index in [-0.39, 0.29) is 11.5 Å². The van der Waals surface area contributed by atoms with Crippen LogP contribution in [-0.4, -0.2) is 36.7 Å². The lowest BCUT2D eigenvalue weighted by atomic mass is 10.2. The normalized spacial score (nSPS) is 11.6. The first-order chi connectivity index (χ1) is 14.4. The first kappa shape index (κ1) is 20.2. The predicted molar refractivity (Wildman–Crippen MR) is 100 cm³/mol. The monoisotopic (exact) mass is 454 g/mol. The van der Waals surface area contributed by atoms with Gasteiger partial charge >= 0.3 is 6.36 Å². The van der Waals surface area contributed by atoms with Gasteiger partial charge in [-0.25, -0.2) is 0 Å². The number of rotatable bonds is 6. The molecule has 30 heavy (non-hydrogen) atoms. The number of nitrogens with zero attached hydrogens (tertiary/aromatic N) is 6. The van der Waals surface area contributed by atoms with Gasteiger partial charge in [0.25, 0.3) is 0 Å². The van der Waals surface area contributed by atoms with Gasteiger partial charge in [0.15, 0.2) is 0 Å². The van der Waals surface area contributed by atoms with Gasteiger partial charge < -0.3 is 9.26 Å². The topological polar surface area (TPSA) is 91.8 Å². The number of halogens is 4. The summed E-state index contributed by atoms with van der Waals surface area (Å²) in [6.07, 6.45) is -4.76. The molecule has 4 aromatic rings. The number of aromatic nitrogens is 6. The van der Waals surface area contributed by atoms with Crippen molar-refractivity contribution >= 4 is 23.4 Å². The minimum absolute atomic E-state index is 0.271. The molecule has 0 aliphatic heterocycles. The fraction of sp³-hybridized carbons (Fsp3) is 0.118. The first-order valence-electron chi connectivity index (χ1n) is 8.24. The van der Waals surface area contributed by atoms with E-state index in [1.165, 1.54) is 40.7 Å². The van der Waals surface area contributed by atoms with Gasteiger partial charge in [0, 0.05) is 5.56 Å². The van der Waals surface area contributed by atoms with Crippen LogP contribution < -0.4 is 4.74 Å².